The third kappa shape index (κ3) is 3.87. The minimum absolute atomic E-state index is 0.196. The lowest BCUT2D eigenvalue weighted by atomic mass is 10.2. The van der Waals surface area contributed by atoms with Crippen molar-refractivity contribution in [1.29, 1.82) is 0 Å². The van der Waals surface area contributed by atoms with Gasteiger partial charge in [0, 0.05) is 11.3 Å². The Labute approximate surface area is 138 Å². The van der Waals surface area contributed by atoms with Crippen molar-refractivity contribution in [2.75, 3.05) is 17.7 Å². The van der Waals surface area contributed by atoms with Crippen molar-refractivity contribution in [2.24, 2.45) is 0 Å². The average Bonchev–Trinajstić information content (AvgIpc) is 3.02. The summed E-state index contributed by atoms with van der Waals surface area (Å²) in [5.74, 6) is 0.451. The molecule has 3 rings (SSSR count). The molecule has 1 heterocycles. The monoisotopic (exact) mass is 325 g/mol. The van der Waals surface area contributed by atoms with Crippen molar-refractivity contribution < 1.29 is 9.53 Å². The number of nitrogens with zero attached hydrogens (tertiary/aromatic N) is 1. The van der Waals surface area contributed by atoms with Crippen LogP contribution in [0.25, 0.3) is 0 Å². The number of rotatable bonds is 5. The molecule has 23 heavy (non-hydrogen) atoms. The number of para-hydroxylation sites is 1. The molecule has 0 saturated heterocycles. The highest BCUT2D eigenvalue weighted by molar-refractivity contribution is 7.19. The van der Waals surface area contributed by atoms with Gasteiger partial charge in [0.2, 0.25) is 0 Å². The first-order valence-corrected chi connectivity index (χ1v) is 7.79. The number of carbonyl (C=O) groups excluding carboxylic acids is 1. The molecule has 0 fully saturated rings. The maximum atomic E-state index is 12.2. The molecule has 6 heteroatoms. The molecule has 1 aromatic heterocycles. The minimum atomic E-state index is -0.196. The van der Waals surface area contributed by atoms with E-state index in [1.807, 2.05) is 30.3 Å². The van der Waals surface area contributed by atoms with E-state index < -0.39 is 0 Å². The van der Waals surface area contributed by atoms with Gasteiger partial charge in [0.1, 0.15) is 10.8 Å². The van der Waals surface area contributed by atoms with Crippen LogP contribution in [-0.2, 0) is 0 Å². The molecule has 116 valence electrons. The summed E-state index contributed by atoms with van der Waals surface area (Å²) < 4.78 is 5.13. The summed E-state index contributed by atoms with van der Waals surface area (Å²) in [6.07, 6.45) is 1.63. The van der Waals surface area contributed by atoms with E-state index in [0.717, 1.165) is 10.8 Å². The largest absolute Gasteiger partial charge is 0.497 e. The summed E-state index contributed by atoms with van der Waals surface area (Å²) in [4.78, 5) is 16.5. The molecule has 0 aliphatic carbocycles. The quantitative estimate of drug-likeness (QED) is 0.740. The Morgan fingerprint density at radius 1 is 1.13 bits per heavy atom. The molecule has 0 spiro atoms. The fraction of sp³-hybridized carbons (Fsp3) is 0.0588. The van der Waals surface area contributed by atoms with E-state index in [1.165, 1.54) is 11.3 Å². The number of thiazole rings is 1. The highest BCUT2D eigenvalue weighted by atomic mass is 32.1. The van der Waals surface area contributed by atoms with Crippen LogP contribution >= 0.6 is 11.3 Å². The number of hydrogen-bond acceptors (Lipinski definition) is 5. The average molecular weight is 325 g/mol. The van der Waals surface area contributed by atoms with Gasteiger partial charge in [-0.1, -0.05) is 35.6 Å². The smallest absolute Gasteiger partial charge is 0.256 e. The molecule has 0 saturated carbocycles. The molecule has 1 amide bonds. The van der Waals surface area contributed by atoms with Gasteiger partial charge < -0.3 is 15.4 Å². The molecule has 0 radical (unpaired) electrons. The van der Waals surface area contributed by atoms with E-state index in [2.05, 4.69) is 15.6 Å². The molecule has 0 atom stereocenters. The number of aromatic nitrogens is 1. The standard InChI is InChI=1S/C17H15N3O2S/c1-22-14-9-5-6-12(10-14)16(21)20-15-11-18-17(23-15)19-13-7-3-2-4-8-13/h2-11H,1H3,(H,18,19)(H,20,21). The van der Waals surface area contributed by atoms with Crippen LogP contribution in [0, 0.1) is 0 Å². The van der Waals surface area contributed by atoms with E-state index in [1.54, 1.807) is 37.6 Å². The maximum absolute atomic E-state index is 12.2. The first-order chi connectivity index (χ1) is 11.2. The van der Waals surface area contributed by atoms with Crippen LogP contribution in [0.2, 0.25) is 0 Å². The summed E-state index contributed by atoms with van der Waals surface area (Å²) in [5.41, 5.74) is 1.49. The first kappa shape index (κ1) is 15.1. The predicted molar refractivity (Wildman–Crippen MR) is 92.8 cm³/mol. The van der Waals surface area contributed by atoms with Crippen molar-refractivity contribution in [2.45, 2.75) is 0 Å². The molecule has 0 aliphatic rings. The van der Waals surface area contributed by atoms with Gasteiger partial charge in [-0.3, -0.25) is 4.79 Å². The van der Waals surface area contributed by atoms with Crippen LogP contribution in [0.4, 0.5) is 15.8 Å². The van der Waals surface area contributed by atoms with E-state index >= 15 is 0 Å². The summed E-state index contributed by atoms with van der Waals surface area (Å²) in [5, 5.41) is 7.43. The summed E-state index contributed by atoms with van der Waals surface area (Å²) >= 11 is 1.38. The summed E-state index contributed by atoms with van der Waals surface area (Å²) in [6, 6.07) is 16.8. The lowest BCUT2D eigenvalue weighted by Gasteiger charge is -2.04. The second-order valence-electron chi connectivity index (χ2n) is 4.71. The first-order valence-electron chi connectivity index (χ1n) is 6.98. The minimum Gasteiger partial charge on any atom is -0.497 e. The lowest BCUT2D eigenvalue weighted by molar-refractivity contribution is 0.102. The van der Waals surface area contributed by atoms with E-state index in [9.17, 15) is 4.79 Å². The number of carbonyl (C=O) groups is 1. The lowest BCUT2D eigenvalue weighted by Crippen LogP contribution is -2.10. The zero-order valence-corrected chi connectivity index (χ0v) is 13.3. The number of hydrogen-bond donors (Lipinski definition) is 2. The summed E-state index contributed by atoms with van der Waals surface area (Å²) in [7, 11) is 1.57. The highest BCUT2D eigenvalue weighted by Crippen LogP contribution is 2.26. The van der Waals surface area contributed by atoms with Crippen LogP contribution in [0.1, 0.15) is 10.4 Å². The second-order valence-corrected chi connectivity index (χ2v) is 5.74. The molecular weight excluding hydrogens is 310 g/mol. The Bertz CT molecular complexity index is 802. The van der Waals surface area contributed by atoms with E-state index in [4.69, 9.17) is 4.74 Å². The van der Waals surface area contributed by atoms with Crippen LogP contribution in [0.3, 0.4) is 0 Å². The normalized spacial score (nSPS) is 10.1. The third-order valence-electron chi connectivity index (χ3n) is 3.10. The molecule has 0 unspecified atom stereocenters. The van der Waals surface area contributed by atoms with Crippen molar-refractivity contribution >= 4 is 33.1 Å². The van der Waals surface area contributed by atoms with Crippen LogP contribution in [-0.4, -0.2) is 18.0 Å². The Morgan fingerprint density at radius 3 is 2.74 bits per heavy atom. The molecule has 0 bridgehead atoms. The number of ether oxygens (including phenoxy) is 1. The molecule has 2 aromatic carbocycles. The molecular formula is C17H15N3O2S. The highest BCUT2D eigenvalue weighted by Gasteiger charge is 2.09. The Kier molecular flexibility index (Phi) is 4.54. The summed E-state index contributed by atoms with van der Waals surface area (Å²) in [6.45, 7) is 0. The van der Waals surface area contributed by atoms with E-state index in [0.29, 0.717) is 16.3 Å². The topological polar surface area (TPSA) is 63.2 Å². The molecule has 0 aliphatic heterocycles. The second kappa shape index (κ2) is 6.93. The van der Waals surface area contributed by atoms with Gasteiger partial charge in [-0.25, -0.2) is 4.98 Å². The van der Waals surface area contributed by atoms with Crippen molar-refractivity contribution in [3.63, 3.8) is 0 Å². The van der Waals surface area contributed by atoms with Crippen LogP contribution < -0.4 is 15.4 Å². The zero-order chi connectivity index (χ0) is 16.1. The van der Waals surface area contributed by atoms with Gasteiger partial charge in [-0.2, -0.15) is 0 Å². The Morgan fingerprint density at radius 2 is 1.96 bits per heavy atom. The zero-order valence-electron chi connectivity index (χ0n) is 12.4. The fourth-order valence-electron chi connectivity index (χ4n) is 1.98. The number of methoxy groups -OCH3 is 1. The van der Waals surface area contributed by atoms with Gasteiger partial charge in [0.05, 0.1) is 13.3 Å². The van der Waals surface area contributed by atoms with Crippen molar-refractivity contribution in [1.82, 2.24) is 4.98 Å². The van der Waals surface area contributed by atoms with Gasteiger partial charge in [-0.05, 0) is 30.3 Å². The Balaban J connectivity index is 1.67. The fourth-order valence-corrected chi connectivity index (χ4v) is 2.71. The van der Waals surface area contributed by atoms with Crippen LogP contribution in [0.15, 0.2) is 60.8 Å². The predicted octanol–water partition coefficient (Wildman–Crippen LogP) is 4.15. The number of benzene rings is 2. The molecule has 5 nitrogen and oxygen atoms in total. The van der Waals surface area contributed by atoms with E-state index in [-0.39, 0.29) is 5.91 Å². The maximum Gasteiger partial charge on any atom is 0.256 e. The number of nitrogens with one attached hydrogen (secondary N) is 2. The number of anilines is 3. The van der Waals surface area contributed by atoms with Crippen molar-refractivity contribution in [3.05, 3.63) is 66.4 Å². The van der Waals surface area contributed by atoms with Gasteiger partial charge >= 0.3 is 0 Å². The Hall–Kier alpha value is -2.86. The molecule has 3 aromatic rings. The SMILES string of the molecule is COc1cccc(C(=O)Nc2cnc(Nc3ccccc3)s2)c1. The third-order valence-corrected chi connectivity index (χ3v) is 3.93. The number of amides is 1. The van der Waals surface area contributed by atoms with Crippen LogP contribution in [0.5, 0.6) is 5.75 Å². The van der Waals surface area contributed by atoms with Crippen molar-refractivity contribution in [3.8, 4) is 5.75 Å². The van der Waals surface area contributed by atoms with Gasteiger partial charge in [0.25, 0.3) is 5.91 Å². The van der Waals surface area contributed by atoms with Gasteiger partial charge in [0.15, 0.2) is 5.13 Å². The molecule has 2 N–H and O–H groups in total. The van der Waals surface area contributed by atoms with Gasteiger partial charge in [-0.15, -0.1) is 0 Å².